The van der Waals surface area contributed by atoms with Gasteiger partial charge >= 0.3 is 0 Å². The van der Waals surface area contributed by atoms with Crippen molar-refractivity contribution in [3.8, 4) is 0 Å². The van der Waals surface area contributed by atoms with E-state index in [1.54, 1.807) is 16.7 Å². The zero-order chi connectivity index (χ0) is 23.7. The first-order chi connectivity index (χ1) is 14.9. The van der Waals surface area contributed by atoms with E-state index in [4.69, 9.17) is 0 Å². The van der Waals surface area contributed by atoms with Gasteiger partial charge in [0.1, 0.15) is 0 Å². The van der Waals surface area contributed by atoms with Crippen LogP contribution in [-0.4, -0.2) is 0 Å². The molecule has 0 aliphatic heterocycles. The van der Waals surface area contributed by atoms with Crippen molar-refractivity contribution in [3.63, 3.8) is 0 Å². The molecule has 1 aromatic carbocycles. The van der Waals surface area contributed by atoms with Crippen LogP contribution < -0.4 is 0 Å². The van der Waals surface area contributed by atoms with E-state index in [0.717, 1.165) is 0 Å². The van der Waals surface area contributed by atoms with E-state index in [-0.39, 0.29) is 0 Å². The van der Waals surface area contributed by atoms with Gasteiger partial charge in [0.05, 0.1) is 0 Å². The summed E-state index contributed by atoms with van der Waals surface area (Å²) in [5.41, 5.74) is 10.1. The summed E-state index contributed by atoms with van der Waals surface area (Å²) in [7, 11) is 0. The topological polar surface area (TPSA) is 0 Å². The molecular formula is C33H48. The summed E-state index contributed by atoms with van der Waals surface area (Å²) in [5, 5.41) is 0. The molecule has 0 spiro atoms. The van der Waals surface area contributed by atoms with E-state index in [2.05, 4.69) is 80.5 Å². The second kappa shape index (κ2) is 5.18. The van der Waals surface area contributed by atoms with Gasteiger partial charge in [0.25, 0.3) is 0 Å². The van der Waals surface area contributed by atoms with Crippen LogP contribution in [0.2, 0.25) is 0 Å². The largest absolute Gasteiger partial charge is 0.0596 e. The Balaban J connectivity index is 1.23. The Morgan fingerprint density at radius 2 is 0.576 bits per heavy atom. The highest BCUT2D eigenvalue weighted by Crippen LogP contribution is 2.83. The molecule has 6 bridgehead atoms. The summed E-state index contributed by atoms with van der Waals surface area (Å²) in [6, 6.07) is 8.23. The molecule has 0 amide bonds. The first-order valence-corrected chi connectivity index (χ1v) is 14.1. The van der Waals surface area contributed by atoms with Gasteiger partial charge in [-0.25, -0.2) is 0 Å². The monoisotopic (exact) mass is 444 g/mol. The highest BCUT2D eigenvalue weighted by atomic mass is 14.8. The Bertz CT molecular complexity index is 865. The minimum atomic E-state index is 0.467. The molecule has 10 rings (SSSR count). The number of benzene rings is 1. The minimum Gasteiger partial charge on any atom is -0.0596 e. The van der Waals surface area contributed by atoms with E-state index in [1.165, 1.54) is 57.8 Å². The van der Waals surface area contributed by atoms with Crippen LogP contribution in [0.1, 0.15) is 137 Å². The van der Waals surface area contributed by atoms with Crippen molar-refractivity contribution in [1.82, 2.24) is 0 Å². The van der Waals surface area contributed by atoms with Gasteiger partial charge in [-0.2, -0.15) is 0 Å². The summed E-state index contributed by atoms with van der Waals surface area (Å²) in [5.74, 6) is 0. The van der Waals surface area contributed by atoms with Crippen LogP contribution in [0.5, 0.6) is 0 Å². The molecule has 0 unspecified atom stereocenters. The van der Waals surface area contributed by atoms with Crippen LogP contribution in [0.25, 0.3) is 0 Å². The molecule has 0 heteroatoms. The summed E-state index contributed by atoms with van der Waals surface area (Å²) < 4.78 is 0. The van der Waals surface area contributed by atoms with Gasteiger partial charge in [-0.15, -0.1) is 0 Å². The SMILES string of the molecule is CC(C)(C)C12CC(c3cc(C45CC(C(C)(C)C)(C4)C5)cc(C45CC(C(C)(C)C)(C4)C5)c3)(C1)C2. The molecule has 0 saturated heterocycles. The van der Waals surface area contributed by atoms with Crippen LogP contribution in [-0.2, 0) is 16.2 Å². The smallest absolute Gasteiger partial charge is 0.00303 e. The number of hydrogen-bond donors (Lipinski definition) is 0. The lowest BCUT2D eigenvalue weighted by Gasteiger charge is -2.78. The Morgan fingerprint density at radius 1 is 0.394 bits per heavy atom. The number of hydrogen-bond acceptors (Lipinski definition) is 0. The Morgan fingerprint density at radius 3 is 0.727 bits per heavy atom. The summed E-state index contributed by atoms with van der Waals surface area (Å²) in [6.45, 7) is 22.4. The highest BCUT2D eigenvalue weighted by Gasteiger charge is 2.75. The van der Waals surface area contributed by atoms with Crippen molar-refractivity contribution in [2.24, 2.45) is 32.5 Å². The summed E-state index contributed by atoms with van der Waals surface area (Å²) >= 11 is 0. The molecule has 0 heterocycles. The fraction of sp³-hybridized carbons (Fsp3) is 0.818. The maximum Gasteiger partial charge on any atom is -0.00303 e. The molecule has 1 aromatic rings. The van der Waals surface area contributed by atoms with Gasteiger partial charge in [0, 0.05) is 0 Å². The minimum absolute atomic E-state index is 0.467. The van der Waals surface area contributed by atoms with Crippen molar-refractivity contribution >= 4 is 0 Å². The van der Waals surface area contributed by atoms with Gasteiger partial charge in [-0.3, -0.25) is 0 Å². The van der Waals surface area contributed by atoms with E-state index >= 15 is 0 Å². The molecule has 9 saturated carbocycles. The molecule has 0 radical (unpaired) electrons. The Labute approximate surface area is 203 Å². The third kappa shape index (κ3) is 2.19. The first-order valence-electron chi connectivity index (χ1n) is 14.1. The Kier molecular flexibility index (Phi) is 3.37. The van der Waals surface area contributed by atoms with Gasteiger partial charge in [0.15, 0.2) is 0 Å². The molecule has 0 N–H and O–H groups in total. The van der Waals surface area contributed by atoms with Gasteiger partial charge in [-0.1, -0.05) is 80.5 Å². The van der Waals surface area contributed by atoms with Gasteiger partial charge in [-0.05, 0) is 123 Å². The standard InChI is InChI=1S/C33H48/c1-25(2,3)31-13-28(14-31,15-31)22-10-23(29-16-32(17-29,18-29)26(4,5)6)12-24(11-22)30-19-33(20-30,21-30)27(7,8)9/h10-12H,13-21H2,1-9H3. The Hall–Kier alpha value is -0.780. The lowest BCUT2D eigenvalue weighted by molar-refractivity contribution is -0.215. The van der Waals surface area contributed by atoms with Crippen molar-refractivity contribution in [2.75, 3.05) is 0 Å². The van der Waals surface area contributed by atoms with Crippen LogP contribution in [0.3, 0.4) is 0 Å². The molecule has 180 valence electrons. The summed E-state index contributed by atoms with van der Waals surface area (Å²) in [4.78, 5) is 0. The molecule has 9 aliphatic rings. The normalized spacial score (nSPS) is 49.0. The number of rotatable bonds is 3. The fourth-order valence-electron chi connectivity index (χ4n) is 10.2. The molecule has 0 atom stereocenters. The lowest BCUT2D eigenvalue weighted by atomic mass is 9.26. The zero-order valence-corrected chi connectivity index (χ0v) is 23.1. The predicted molar refractivity (Wildman–Crippen MR) is 139 cm³/mol. The first kappa shape index (κ1) is 21.5. The fourth-order valence-corrected chi connectivity index (χ4v) is 10.2. The predicted octanol–water partition coefficient (Wildman–Crippen LogP) is 9.09. The van der Waals surface area contributed by atoms with Crippen LogP contribution in [0.15, 0.2) is 18.2 Å². The summed E-state index contributed by atoms with van der Waals surface area (Å²) in [6.07, 6.45) is 13.0. The van der Waals surface area contributed by atoms with E-state index in [9.17, 15) is 0 Å². The van der Waals surface area contributed by atoms with Crippen molar-refractivity contribution in [1.29, 1.82) is 0 Å². The second-order valence-electron chi connectivity index (χ2n) is 17.8. The van der Waals surface area contributed by atoms with Gasteiger partial charge in [0.2, 0.25) is 0 Å². The maximum absolute atomic E-state index is 2.74. The highest BCUT2D eigenvalue weighted by molar-refractivity contribution is 5.53. The quantitative estimate of drug-likeness (QED) is 0.436. The molecule has 0 nitrogen and oxygen atoms in total. The van der Waals surface area contributed by atoms with E-state index < -0.39 is 0 Å². The molecule has 9 aliphatic carbocycles. The van der Waals surface area contributed by atoms with Crippen molar-refractivity contribution < 1.29 is 0 Å². The third-order valence-electron chi connectivity index (χ3n) is 13.6. The van der Waals surface area contributed by atoms with E-state index in [1.807, 2.05) is 0 Å². The lowest BCUT2D eigenvalue weighted by Crippen LogP contribution is -2.71. The van der Waals surface area contributed by atoms with Crippen molar-refractivity contribution in [2.45, 2.75) is 136 Å². The zero-order valence-electron chi connectivity index (χ0n) is 23.1. The average Bonchev–Trinajstić information content (AvgIpc) is 2.32. The molecule has 9 fully saturated rings. The molecule has 33 heavy (non-hydrogen) atoms. The third-order valence-corrected chi connectivity index (χ3v) is 13.6. The van der Waals surface area contributed by atoms with Crippen LogP contribution in [0, 0.1) is 32.5 Å². The maximum atomic E-state index is 2.74. The van der Waals surface area contributed by atoms with Crippen LogP contribution >= 0.6 is 0 Å². The van der Waals surface area contributed by atoms with E-state index in [0.29, 0.717) is 48.7 Å². The van der Waals surface area contributed by atoms with Crippen LogP contribution in [0.4, 0.5) is 0 Å². The molecule has 0 aromatic heterocycles. The molecular weight excluding hydrogens is 396 g/mol. The second-order valence-corrected chi connectivity index (χ2v) is 17.8. The van der Waals surface area contributed by atoms with Gasteiger partial charge < -0.3 is 0 Å². The van der Waals surface area contributed by atoms with Crippen molar-refractivity contribution in [3.05, 3.63) is 34.9 Å². The average molecular weight is 445 g/mol.